The molecule has 0 spiro atoms. The molecule has 2 aromatic carbocycles. The van der Waals surface area contributed by atoms with E-state index in [4.69, 9.17) is 0 Å². The van der Waals surface area contributed by atoms with E-state index in [1.165, 1.54) is 30.2 Å². The van der Waals surface area contributed by atoms with Gasteiger partial charge in [0.05, 0.1) is 23.0 Å². The van der Waals surface area contributed by atoms with Gasteiger partial charge in [0.1, 0.15) is 12.2 Å². The fourth-order valence-electron chi connectivity index (χ4n) is 2.75. The van der Waals surface area contributed by atoms with Crippen molar-refractivity contribution in [2.45, 2.75) is 33.1 Å². The third-order valence-electron chi connectivity index (χ3n) is 4.05. The highest BCUT2D eigenvalue weighted by molar-refractivity contribution is 9.10. The Hall–Kier alpha value is -2.21. The van der Waals surface area contributed by atoms with Crippen LogP contribution >= 0.6 is 15.9 Å². The van der Waals surface area contributed by atoms with Crippen LogP contribution in [0.5, 0.6) is 0 Å². The number of hydrogen-bond donors (Lipinski definition) is 0. The topological polar surface area (TPSA) is 46.6 Å². The summed E-state index contributed by atoms with van der Waals surface area (Å²) in [6.45, 7) is 5.96. The molecule has 0 heterocycles. The lowest BCUT2D eigenvalue weighted by Gasteiger charge is -2.28. The molecule has 1 amide bonds. The van der Waals surface area contributed by atoms with E-state index in [9.17, 15) is 14.0 Å². The summed E-state index contributed by atoms with van der Waals surface area (Å²) in [6, 6.07) is 10.1. The number of benzene rings is 2. The van der Waals surface area contributed by atoms with Crippen LogP contribution in [0.15, 0.2) is 40.9 Å². The number of esters is 1. The van der Waals surface area contributed by atoms with Gasteiger partial charge < -0.3 is 4.74 Å². The molecule has 4 nitrogen and oxygen atoms in total. The summed E-state index contributed by atoms with van der Waals surface area (Å²) in [7, 11) is 1.24. The van der Waals surface area contributed by atoms with E-state index in [0.717, 1.165) is 11.1 Å². The molecule has 0 N–H and O–H groups in total. The third kappa shape index (κ3) is 4.30. The molecule has 0 bridgehead atoms. The predicted octanol–water partition coefficient (Wildman–Crippen LogP) is 5.25. The average Bonchev–Trinajstić information content (AvgIpc) is 2.59. The van der Waals surface area contributed by atoms with Gasteiger partial charge in [0.15, 0.2) is 0 Å². The molecule has 0 aliphatic rings. The van der Waals surface area contributed by atoms with Crippen LogP contribution in [-0.2, 0) is 14.3 Å². The van der Waals surface area contributed by atoms with Gasteiger partial charge in [0, 0.05) is 0 Å². The van der Waals surface area contributed by atoms with Crippen LogP contribution in [0.1, 0.15) is 37.3 Å². The Morgan fingerprint density at radius 2 is 1.92 bits per heavy atom. The highest BCUT2D eigenvalue weighted by Crippen LogP contribution is 2.37. The molecular formula is C20H21BrFNO3. The van der Waals surface area contributed by atoms with Gasteiger partial charge in [-0.3, -0.25) is 14.5 Å². The van der Waals surface area contributed by atoms with Gasteiger partial charge in [-0.05, 0) is 58.1 Å². The predicted molar refractivity (Wildman–Crippen MR) is 103 cm³/mol. The van der Waals surface area contributed by atoms with Crippen molar-refractivity contribution in [2.24, 2.45) is 0 Å². The van der Waals surface area contributed by atoms with E-state index >= 15 is 0 Å². The van der Waals surface area contributed by atoms with E-state index in [1.54, 1.807) is 0 Å². The van der Waals surface area contributed by atoms with E-state index in [2.05, 4.69) is 20.7 Å². The Bertz CT molecular complexity index is 836. The highest BCUT2D eigenvalue weighted by Gasteiger charge is 2.26. The SMILES string of the molecule is COC(=O)CC(=O)N(c1ccc(F)c(Br)c1)c1c(C)cccc1C(C)C. The zero-order valence-corrected chi connectivity index (χ0v) is 16.8. The molecule has 0 atom stereocenters. The maximum absolute atomic E-state index is 13.7. The van der Waals surface area contributed by atoms with Gasteiger partial charge in [-0.15, -0.1) is 0 Å². The van der Waals surface area contributed by atoms with Crippen molar-refractivity contribution >= 4 is 39.2 Å². The Morgan fingerprint density at radius 1 is 1.23 bits per heavy atom. The molecule has 0 radical (unpaired) electrons. The molecule has 2 aromatic rings. The minimum atomic E-state index is -0.624. The number of hydrogen-bond acceptors (Lipinski definition) is 3. The van der Waals surface area contributed by atoms with Crippen LogP contribution in [0, 0.1) is 12.7 Å². The van der Waals surface area contributed by atoms with Crippen LogP contribution < -0.4 is 4.90 Å². The summed E-state index contributed by atoms with van der Waals surface area (Å²) in [5, 5.41) is 0. The van der Waals surface area contributed by atoms with Gasteiger partial charge in [-0.25, -0.2) is 4.39 Å². The maximum atomic E-state index is 13.7. The number of carbonyl (C=O) groups is 2. The lowest BCUT2D eigenvalue weighted by Crippen LogP contribution is -2.30. The second kappa shape index (κ2) is 8.45. The van der Waals surface area contributed by atoms with Crippen molar-refractivity contribution < 1.29 is 18.7 Å². The van der Waals surface area contributed by atoms with Gasteiger partial charge in [0.25, 0.3) is 0 Å². The number of methoxy groups -OCH3 is 1. The number of rotatable bonds is 5. The molecule has 2 rings (SSSR count). The Labute approximate surface area is 161 Å². The van der Waals surface area contributed by atoms with Crippen molar-refractivity contribution in [1.82, 2.24) is 0 Å². The van der Waals surface area contributed by atoms with Crippen LogP contribution in [0.4, 0.5) is 15.8 Å². The Balaban J connectivity index is 2.67. The largest absolute Gasteiger partial charge is 0.469 e. The van der Waals surface area contributed by atoms with Crippen molar-refractivity contribution in [3.63, 3.8) is 0 Å². The fraction of sp³-hybridized carbons (Fsp3) is 0.300. The van der Waals surface area contributed by atoms with Gasteiger partial charge in [-0.1, -0.05) is 32.0 Å². The molecule has 0 saturated heterocycles. The summed E-state index contributed by atoms with van der Waals surface area (Å²) in [6.07, 6.45) is -0.405. The van der Waals surface area contributed by atoms with E-state index in [0.29, 0.717) is 11.4 Å². The van der Waals surface area contributed by atoms with Crippen molar-refractivity contribution in [3.05, 3.63) is 57.8 Å². The smallest absolute Gasteiger partial charge is 0.315 e. The maximum Gasteiger partial charge on any atom is 0.315 e. The number of nitrogens with zero attached hydrogens (tertiary/aromatic N) is 1. The minimum absolute atomic E-state index is 0.155. The molecule has 6 heteroatoms. The van der Waals surface area contributed by atoms with E-state index in [1.807, 2.05) is 39.0 Å². The standard InChI is InChI=1S/C20H21BrFNO3/c1-12(2)15-7-5-6-13(3)20(15)23(18(24)11-19(25)26-4)14-8-9-17(22)16(21)10-14/h5-10,12H,11H2,1-4H3. The normalized spacial score (nSPS) is 10.7. The fourth-order valence-corrected chi connectivity index (χ4v) is 3.12. The Kier molecular flexibility index (Phi) is 6.53. The summed E-state index contributed by atoms with van der Waals surface area (Å²) in [5.74, 6) is -1.34. The molecule has 0 aromatic heterocycles. The minimum Gasteiger partial charge on any atom is -0.469 e. The molecule has 0 aliphatic carbocycles. The first-order valence-corrected chi connectivity index (χ1v) is 8.99. The average molecular weight is 422 g/mol. The number of amides is 1. The molecule has 26 heavy (non-hydrogen) atoms. The van der Waals surface area contributed by atoms with Gasteiger partial charge >= 0.3 is 5.97 Å². The van der Waals surface area contributed by atoms with Crippen LogP contribution in [-0.4, -0.2) is 19.0 Å². The summed E-state index contributed by atoms with van der Waals surface area (Å²) < 4.78 is 18.6. The molecule has 0 saturated carbocycles. The lowest BCUT2D eigenvalue weighted by molar-refractivity contribution is -0.143. The quantitative estimate of drug-likeness (QED) is 0.489. The number of aryl methyl sites for hydroxylation is 1. The summed E-state index contributed by atoms with van der Waals surface area (Å²) in [5.41, 5.74) is 3.02. The van der Waals surface area contributed by atoms with Gasteiger partial charge in [0.2, 0.25) is 5.91 Å². The number of anilines is 2. The van der Waals surface area contributed by atoms with E-state index in [-0.39, 0.29) is 10.4 Å². The molecule has 138 valence electrons. The highest BCUT2D eigenvalue weighted by atomic mass is 79.9. The van der Waals surface area contributed by atoms with Crippen LogP contribution in [0.2, 0.25) is 0 Å². The van der Waals surface area contributed by atoms with Crippen molar-refractivity contribution in [1.29, 1.82) is 0 Å². The third-order valence-corrected chi connectivity index (χ3v) is 4.66. The zero-order chi connectivity index (χ0) is 19.4. The zero-order valence-electron chi connectivity index (χ0n) is 15.2. The number of para-hydroxylation sites is 1. The first-order chi connectivity index (χ1) is 12.3. The van der Waals surface area contributed by atoms with Crippen molar-refractivity contribution in [2.75, 3.05) is 12.0 Å². The monoisotopic (exact) mass is 421 g/mol. The molecule has 0 fully saturated rings. The second-order valence-electron chi connectivity index (χ2n) is 6.25. The molecular weight excluding hydrogens is 401 g/mol. The number of ether oxygens (including phenoxy) is 1. The summed E-state index contributed by atoms with van der Waals surface area (Å²) in [4.78, 5) is 26.1. The Morgan fingerprint density at radius 3 is 2.50 bits per heavy atom. The van der Waals surface area contributed by atoms with Crippen molar-refractivity contribution in [3.8, 4) is 0 Å². The van der Waals surface area contributed by atoms with E-state index < -0.39 is 24.1 Å². The molecule has 0 unspecified atom stereocenters. The first kappa shape index (κ1) is 20.1. The first-order valence-electron chi connectivity index (χ1n) is 8.20. The molecule has 0 aliphatic heterocycles. The van der Waals surface area contributed by atoms with Gasteiger partial charge in [-0.2, -0.15) is 0 Å². The van der Waals surface area contributed by atoms with Crippen LogP contribution in [0.3, 0.4) is 0 Å². The number of carbonyl (C=O) groups excluding carboxylic acids is 2. The van der Waals surface area contributed by atoms with Crippen LogP contribution in [0.25, 0.3) is 0 Å². The number of halogens is 2. The lowest BCUT2D eigenvalue weighted by atomic mass is 9.96. The summed E-state index contributed by atoms with van der Waals surface area (Å²) >= 11 is 3.16. The second-order valence-corrected chi connectivity index (χ2v) is 7.10.